The summed E-state index contributed by atoms with van der Waals surface area (Å²) in [5.74, 6) is 0.387. The minimum Gasteiger partial charge on any atom is -0.392 e. The van der Waals surface area contributed by atoms with Crippen LogP contribution < -0.4 is 0 Å². The van der Waals surface area contributed by atoms with Gasteiger partial charge in [-0.1, -0.05) is 96.8 Å². The Balaban J connectivity index is 2.96. The summed E-state index contributed by atoms with van der Waals surface area (Å²) in [6.45, 7) is 2.28. The van der Waals surface area contributed by atoms with Crippen molar-refractivity contribution in [2.75, 3.05) is 5.88 Å². The highest BCUT2D eigenvalue weighted by Crippen LogP contribution is 2.13. The first-order valence-electron chi connectivity index (χ1n) is 9.05. The smallest absolute Gasteiger partial charge is 0.0675 e. The Morgan fingerprint density at radius 1 is 0.650 bits per heavy atom. The lowest BCUT2D eigenvalue weighted by Gasteiger charge is -2.06. The molecule has 0 bridgehead atoms. The van der Waals surface area contributed by atoms with Crippen LogP contribution in [0, 0.1) is 0 Å². The molecule has 0 aliphatic carbocycles. The maximum atomic E-state index is 9.32. The molecule has 0 fully saturated rings. The minimum atomic E-state index is -0.283. The normalized spacial score (nSPS) is 12.8. The predicted octanol–water partition coefficient (Wildman–Crippen LogP) is 6.46. The van der Waals surface area contributed by atoms with Gasteiger partial charge in [0.05, 0.1) is 6.10 Å². The lowest BCUT2D eigenvalue weighted by Crippen LogP contribution is -2.07. The van der Waals surface area contributed by atoms with Crippen molar-refractivity contribution in [3.05, 3.63) is 0 Å². The molecule has 0 saturated carbocycles. The van der Waals surface area contributed by atoms with E-state index in [4.69, 9.17) is 11.6 Å². The van der Waals surface area contributed by atoms with Gasteiger partial charge in [0.25, 0.3) is 0 Å². The van der Waals surface area contributed by atoms with Crippen molar-refractivity contribution < 1.29 is 5.11 Å². The summed E-state index contributed by atoms with van der Waals surface area (Å²) in [6.07, 6.45) is 19.9. The molecule has 0 amide bonds. The molecule has 0 radical (unpaired) electrons. The molecule has 0 aromatic carbocycles. The number of unbranched alkanes of at least 4 members (excludes halogenated alkanes) is 13. The maximum Gasteiger partial charge on any atom is 0.0675 e. The number of alkyl halides is 1. The Labute approximate surface area is 132 Å². The Bertz CT molecular complexity index is 173. The van der Waals surface area contributed by atoms with Crippen molar-refractivity contribution in [1.82, 2.24) is 0 Å². The van der Waals surface area contributed by atoms with E-state index in [1.165, 1.54) is 83.5 Å². The van der Waals surface area contributed by atoms with Gasteiger partial charge in [-0.05, 0) is 6.42 Å². The average molecular weight is 305 g/mol. The number of hydrogen-bond acceptors (Lipinski definition) is 1. The second-order valence-electron chi connectivity index (χ2n) is 6.19. The zero-order chi connectivity index (χ0) is 14.9. The van der Waals surface area contributed by atoms with Crippen LogP contribution in [-0.2, 0) is 0 Å². The fraction of sp³-hybridized carbons (Fsp3) is 1.00. The first-order chi connectivity index (χ1) is 9.81. The monoisotopic (exact) mass is 304 g/mol. The van der Waals surface area contributed by atoms with Crippen molar-refractivity contribution in [2.24, 2.45) is 0 Å². The standard InChI is InChI=1S/C18H37ClO/c1-2-3-4-5-6-7-8-9-10-11-12-13-14-15-16-18(20)17-19/h18,20H,2-17H2,1H3. The third-order valence-corrected chi connectivity index (χ3v) is 4.43. The molecule has 0 spiro atoms. The van der Waals surface area contributed by atoms with E-state index >= 15 is 0 Å². The highest BCUT2D eigenvalue weighted by Gasteiger charge is 2.00. The number of aliphatic hydroxyl groups excluding tert-OH is 1. The molecule has 0 aromatic rings. The van der Waals surface area contributed by atoms with Crippen LogP contribution in [0.1, 0.15) is 103 Å². The zero-order valence-electron chi connectivity index (χ0n) is 13.7. The molecule has 0 aliphatic rings. The fourth-order valence-electron chi connectivity index (χ4n) is 2.65. The van der Waals surface area contributed by atoms with Gasteiger partial charge in [-0.25, -0.2) is 0 Å². The number of hydrogen-bond donors (Lipinski definition) is 1. The quantitative estimate of drug-likeness (QED) is 0.256. The number of aliphatic hydroxyl groups is 1. The molecule has 122 valence electrons. The lowest BCUT2D eigenvalue weighted by atomic mass is 10.0. The first-order valence-corrected chi connectivity index (χ1v) is 9.58. The Morgan fingerprint density at radius 3 is 1.35 bits per heavy atom. The molecule has 0 heterocycles. The molecule has 0 aromatic heterocycles. The van der Waals surface area contributed by atoms with Crippen LogP contribution in [0.5, 0.6) is 0 Å². The van der Waals surface area contributed by atoms with E-state index in [1.807, 2.05) is 0 Å². The summed E-state index contributed by atoms with van der Waals surface area (Å²) >= 11 is 5.56. The molecule has 0 saturated heterocycles. The Hall–Kier alpha value is 0.250. The number of rotatable bonds is 16. The third kappa shape index (κ3) is 16.3. The van der Waals surface area contributed by atoms with E-state index in [0.29, 0.717) is 5.88 Å². The van der Waals surface area contributed by atoms with Crippen molar-refractivity contribution in [1.29, 1.82) is 0 Å². The topological polar surface area (TPSA) is 20.2 Å². The Morgan fingerprint density at radius 2 is 1.00 bits per heavy atom. The highest BCUT2D eigenvalue weighted by molar-refractivity contribution is 6.18. The summed E-state index contributed by atoms with van der Waals surface area (Å²) in [4.78, 5) is 0. The van der Waals surface area contributed by atoms with E-state index in [-0.39, 0.29) is 6.10 Å². The number of halogens is 1. The molecule has 2 heteroatoms. The molecule has 1 atom stereocenters. The van der Waals surface area contributed by atoms with Gasteiger partial charge in [0.15, 0.2) is 0 Å². The molecule has 1 N–H and O–H groups in total. The van der Waals surface area contributed by atoms with Crippen LogP contribution in [0.3, 0.4) is 0 Å². The summed E-state index contributed by atoms with van der Waals surface area (Å²) < 4.78 is 0. The van der Waals surface area contributed by atoms with Crippen molar-refractivity contribution in [3.8, 4) is 0 Å². The van der Waals surface area contributed by atoms with Gasteiger partial charge in [-0.2, -0.15) is 0 Å². The Kier molecular flexibility index (Phi) is 17.5. The van der Waals surface area contributed by atoms with Gasteiger partial charge >= 0.3 is 0 Å². The van der Waals surface area contributed by atoms with Crippen LogP contribution in [0.4, 0.5) is 0 Å². The summed E-state index contributed by atoms with van der Waals surface area (Å²) in [6, 6.07) is 0. The average Bonchev–Trinajstić information content (AvgIpc) is 2.47. The minimum absolute atomic E-state index is 0.283. The van der Waals surface area contributed by atoms with E-state index in [1.54, 1.807) is 0 Å². The van der Waals surface area contributed by atoms with Crippen molar-refractivity contribution in [2.45, 2.75) is 109 Å². The van der Waals surface area contributed by atoms with E-state index < -0.39 is 0 Å². The molecule has 1 nitrogen and oxygen atoms in total. The van der Waals surface area contributed by atoms with Gasteiger partial charge in [0, 0.05) is 5.88 Å². The van der Waals surface area contributed by atoms with Gasteiger partial charge in [-0.15, -0.1) is 11.6 Å². The lowest BCUT2D eigenvalue weighted by molar-refractivity contribution is 0.183. The van der Waals surface area contributed by atoms with E-state index in [0.717, 1.165) is 12.8 Å². The molecule has 1 unspecified atom stereocenters. The largest absolute Gasteiger partial charge is 0.392 e. The zero-order valence-corrected chi connectivity index (χ0v) is 14.5. The summed E-state index contributed by atoms with van der Waals surface area (Å²) in [7, 11) is 0. The molecule has 0 aliphatic heterocycles. The van der Waals surface area contributed by atoms with Gasteiger partial charge < -0.3 is 5.11 Å². The summed E-state index contributed by atoms with van der Waals surface area (Å²) in [5.41, 5.74) is 0. The van der Waals surface area contributed by atoms with Gasteiger partial charge in [0.2, 0.25) is 0 Å². The van der Waals surface area contributed by atoms with Crippen LogP contribution in [0.2, 0.25) is 0 Å². The van der Waals surface area contributed by atoms with Crippen LogP contribution >= 0.6 is 11.6 Å². The van der Waals surface area contributed by atoms with Crippen LogP contribution in [0.15, 0.2) is 0 Å². The summed E-state index contributed by atoms with van der Waals surface area (Å²) in [5, 5.41) is 9.32. The molecular formula is C18H37ClO. The third-order valence-electron chi connectivity index (χ3n) is 4.07. The second kappa shape index (κ2) is 17.3. The van der Waals surface area contributed by atoms with E-state index in [9.17, 15) is 5.11 Å². The fourth-order valence-corrected chi connectivity index (χ4v) is 2.81. The van der Waals surface area contributed by atoms with Gasteiger partial charge in [0.1, 0.15) is 0 Å². The van der Waals surface area contributed by atoms with Crippen molar-refractivity contribution in [3.63, 3.8) is 0 Å². The molecular weight excluding hydrogens is 268 g/mol. The predicted molar refractivity (Wildman–Crippen MR) is 91.7 cm³/mol. The highest BCUT2D eigenvalue weighted by atomic mass is 35.5. The van der Waals surface area contributed by atoms with Gasteiger partial charge in [-0.3, -0.25) is 0 Å². The first kappa shape index (κ1) is 20.2. The SMILES string of the molecule is CCCCCCCCCCCCCCCCC(O)CCl. The van der Waals surface area contributed by atoms with Crippen LogP contribution in [-0.4, -0.2) is 17.1 Å². The van der Waals surface area contributed by atoms with Crippen molar-refractivity contribution >= 4 is 11.6 Å². The van der Waals surface area contributed by atoms with E-state index in [2.05, 4.69) is 6.92 Å². The molecule has 0 rings (SSSR count). The molecule has 20 heavy (non-hydrogen) atoms. The second-order valence-corrected chi connectivity index (χ2v) is 6.50. The van der Waals surface area contributed by atoms with Crippen LogP contribution in [0.25, 0.3) is 0 Å². The maximum absolute atomic E-state index is 9.32.